The van der Waals surface area contributed by atoms with Crippen LogP contribution in [-0.4, -0.2) is 50.9 Å². The first-order valence-electron chi connectivity index (χ1n) is 8.74. The minimum atomic E-state index is -0.749. The van der Waals surface area contributed by atoms with Gasteiger partial charge in [-0.05, 0) is 44.7 Å². The third kappa shape index (κ3) is 3.76. The molecule has 0 bridgehead atoms. The van der Waals surface area contributed by atoms with Gasteiger partial charge in [0.05, 0.1) is 17.5 Å². The molecule has 1 aliphatic carbocycles. The molecular formula is C18H24N4O4. The van der Waals surface area contributed by atoms with Gasteiger partial charge in [0.1, 0.15) is 17.1 Å². The van der Waals surface area contributed by atoms with Gasteiger partial charge in [0.15, 0.2) is 12.6 Å². The van der Waals surface area contributed by atoms with Gasteiger partial charge < -0.3 is 14.6 Å². The van der Waals surface area contributed by atoms with E-state index in [2.05, 4.69) is 15.3 Å². The first kappa shape index (κ1) is 18.5. The molecule has 0 amide bonds. The predicted molar refractivity (Wildman–Crippen MR) is 93.7 cm³/mol. The maximum atomic E-state index is 11.2. The van der Waals surface area contributed by atoms with E-state index in [9.17, 15) is 9.90 Å². The molecule has 2 aromatic heterocycles. The smallest absolute Gasteiger partial charge is 0.170 e. The summed E-state index contributed by atoms with van der Waals surface area (Å²) in [4.78, 5) is 15.8. The van der Waals surface area contributed by atoms with E-state index in [1.165, 1.54) is 11.8 Å². The summed E-state index contributed by atoms with van der Waals surface area (Å²) < 4.78 is 12.6. The molecule has 1 N–H and O–H groups in total. The van der Waals surface area contributed by atoms with Crippen LogP contribution in [0.4, 0.5) is 0 Å². The van der Waals surface area contributed by atoms with Gasteiger partial charge in [0.25, 0.3) is 0 Å². The molecule has 8 nitrogen and oxygen atoms in total. The molecule has 2 aromatic rings. The molecule has 3 atom stereocenters. The Hall–Kier alpha value is -2.32. The Kier molecular flexibility index (Phi) is 5.63. The molecule has 1 unspecified atom stereocenters. The first-order chi connectivity index (χ1) is 12.5. The highest BCUT2D eigenvalue weighted by Crippen LogP contribution is 2.31. The van der Waals surface area contributed by atoms with E-state index in [-0.39, 0.29) is 12.0 Å². The SMILES string of the molecule is COC(O)[C@H]1CCC[C@H](Oc2ccc(-c3nnn(C)c3C=O)nc2C)C1. The van der Waals surface area contributed by atoms with Crippen molar-refractivity contribution < 1.29 is 19.4 Å². The van der Waals surface area contributed by atoms with Crippen molar-refractivity contribution in [3.63, 3.8) is 0 Å². The Balaban J connectivity index is 1.75. The summed E-state index contributed by atoms with van der Waals surface area (Å²) >= 11 is 0. The number of ether oxygens (including phenoxy) is 2. The predicted octanol–water partition coefficient (Wildman–Crippen LogP) is 1.90. The molecule has 3 rings (SSSR count). The highest BCUT2D eigenvalue weighted by Gasteiger charge is 2.29. The van der Waals surface area contributed by atoms with Crippen LogP contribution in [0.1, 0.15) is 41.9 Å². The van der Waals surface area contributed by atoms with Crippen LogP contribution in [0.15, 0.2) is 12.1 Å². The lowest BCUT2D eigenvalue weighted by molar-refractivity contribution is -0.128. The molecule has 0 aliphatic heterocycles. The summed E-state index contributed by atoms with van der Waals surface area (Å²) in [5.41, 5.74) is 2.15. The third-order valence-electron chi connectivity index (χ3n) is 4.87. The average Bonchev–Trinajstić information content (AvgIpc) is 3.03. The molecule has 0 saturated heterocycles. The molecule has 1 aliphatic rings. The van der Waals surface area contributed by atoms with Gasteiger partial charge in [-0.15, -0.1) is 5.10 Å². The molecule has 0 radical (unpaired) electrons. The van der Waals surface area contributed by atoms with Gasteiger partial charge in [-0.2, -0.15) is 0 Å². The number of hydrogen-bond acceptors (Lipinski definition) is 7. The highest BCUT2D eigenvalue weighted by molar-refractivity contribution is 5.82. The van der Waals surface area contributed by atoms with Crippen molar-refractivity contribution in [1.82, 2.24) is 20.0 Å². The number of aldehydes is 1. The van der Waals surface area contributed by atoms with E-state index < -0.39 is 6.29 Å². The van der Waals surface area contributed by atoms with Crippen molar-refractivity contribution >= 4 is 6.29 Å². The summed E-state index contributed by atoms with van der Waals surface area (Å²) in [6.45, 7) is 1.86. The summed E-state index contributed by atoms with van der Waals surface area (Å²) in [5, 5.41) is 17.8. The molecular weight excluding hydrogens is 336 g/mol. The van der Waals surface area contributed by atoms with Crippen LogP contribution in [0.3, 0.4) is 0 Å². The molecule has 2 heterocycles. The molecule has 26 heavy (non-hydrogen) atoms. The lowest BCUT2D eigenvalue weighted by Crippen LogP contribution is -2.33. The number of aryl methyl sites for hydroxylation is 2. The van der Waals surface area contributed by atoms with Crippen molar-refractivity contribution in [2.45, 2.75) is 45.0 Å². The van der Waals surface area contributed by atoms with Crippen molar-refractivity contribution in [2.24, 2.45) is 13.0 Å². The van der Waals surface area contributed by atoms with Crippen LogP contribution in [0.5, 0.6) is 5.75 Å². The number of pyridine rings is 1. The van der Waals surface area contributed by atoms with E-state index in [0.29, 0.717) is 22.8 Å². The lowest BCUT2D eigenvalue weighted by Gasteiger charge is -2.31. The molecule has 1 saturated carbocycles. The standard InChI is InChI=1S/C18H24N4O4/c1-11-16(26-13-6-4-5-12(9-13)18(24)25-3)8-7-14(19-11)17-15(10-23)22(2)21-20-17/h7-8,10,12-13,18,24H,4-6,9H2,1-3H3/t12-,13-,18?/m0/s1. The number of aliphatic hydroxyl groups excluding tert-OH is 1. The molecule has 0 aromatic carbocycles. The normalized spacial score (nSPS) is 21.4. The number of aliphatic hydroxyl groups is 1. The number of rotatable bonds is 6. The maximum absolute atomic E-state index is 11.2. The van der Waals surface area contributed by atoms with E-state index in [0.717, 1.165) is 37.7 Å². The Morgan fingerprint density at radius 1 is 1.38 bits per heavy atom. The molecule has 8 heteroatoms. The van der Waals surface area contributed by atoms with Crippen LogP contribution in [0.25, 0.3) is 11.4 Å². The zero-order valence-electron chi connectivity index (χ0n) is 15.3. The van der Waals surface area contributed by atoms with Crippen LogP contribution in [0, 0.1) is 12.8 Å². The number of hydrogen-bond donors (Lipinski definition) is 1. The summed E-state index contributed by atoms with van der Waals surface area (Å²) in [6.07, 6.45) is 3.60. The van der Waals surface area contributed by atoms with Crippen molar-refractivity contribution in [2.75, 3.05) is 7.11 Å². The minimum Gasteiger partial charge on any atom is -0.489 e. The number of carbonyl (C=O) groups excluding carboxylic acids is 1. The lowest BCUT2D eigenvalue weighted by atomic mass is 9.86. The second kappa shape index (κ2) is 7.92. The summed E-state index contributed by atoms with van der Waals surface area (Å²) in [7, 11) is 3.18. The fraction of sp³-hybridized carbons (Fsp3) is 0.556. The number of methoxy groups -OCH3 is 1. The maximum Gasteiger partial charge on any atom is 0.170 e. The molecule has 1 fully saturated rings. The summed E-state index contributed by atoms with van der Waals surface area (Å²) in [5.74, 6) is 0.781. The Morgan fingerprint density at radius 2 is 2.19 bits per heavy atom. The van der Waals surface area contributed by atoms with E-state index >= 15 is 0 Å². The zero-order valence-corrected chi connectivity index (χ0v) is 15.3. The quantitative estimate of drug-likeness (QED) is 0.620. The van der Waals surface area contributed by atoms with Crippen LogP contribution in [-0.2, 0) is 11.8 Å². The van der Waals surface area contributed by atoms with Gasteiger partial charge in [0, 0.05) is 20.1 Å². The van der Waals surface area contributed by atoms with E-state index in [4.69, 9.17) is 9.47 Å². The van der Waals surface area contributed by atoms with Crippen molar-refractivity contribution in [3.8, 4) is 17.1 Å². The van der Waals surface area contributed by atoms with E-state index in [1.807, 2.05) is 13.0 Å². The fourth-order valence-electron chi connectivity index (χ4n) is 3.40. The number of aromatic nitrogens is 4. The van der Waals surface area contributed by atoms with Gasteiger partial charge in [0.2, 0.25) is 0 Å². The topological polar surface area (TPSA) is 99.4 Å². The monoisotopic (exact) mass is 360 g/mol. The van der Waals surface area contributed by atoms with Gasteiger partial charge >= 0.3 is 0 Å². The first-order valence-corrected chi connectivity index (χ1v) is 8.74. The highest BCUT2D eigenvalue weighted by atomic mass is 16.6. The molecule has 140 valence electrons. The average molecular weight is 360 g/mol. The van der Waals surface area contributed by atoms with Gasteiger partial charge in [-0.3, -0.25) is 4.79 Å². The van der Waals surface area contributed by atoms with Crippen molar-refractivity contribution in [3.05, 3.63) is 23.5 Å². The van der Waals surface area contributed by atoms with Crippen molar-refractivity contribution in [1.29, 1.82) is 0 Å². The zero-order chi connectivity index (χ0) is 18.7. The second-order valence-electron chi connectivity index (χ2n) is 6.64. The fourth-order valence-corrected chi connectivity index (χ4v) is 3.40. The van der Waals surface area contributed by atoms with Crippen LogP contribution >= 0.6 is 0 Å². The Labute approximate surface area is 152 Å². The van der Waals surface area contributed by atoms with Crippen LogP contribution in [0.2, 0.25) is 0 Å². The van der Waals surface area contributed by atoms with E-state index in [1.54, 1.807) is 13.1 Å². The van der Waals surface area contributed by atoms with Gasteiger partial charge in [-0.25, -0.2) is 9.67 Å². The largest absolute Gasteiger partial charge is 0.489 e. The third-order valence-corrected chi connectivity index (χ3v) is 4.87. The Morgan fingerprint density at radius 3 is 2.88 bits per heavy atom. The number of carbonyl (C=O) groups is 1. The Bertz CT molecular complexity index is 777. The minimum absolute atomic E-state index is 0.0203. The van der Waals surface area contributed by atoms with Crippen LogP contribution < -0.4 is 4.74 Å². The number of nitrogens with zero attached hydrogens (tertiary/aromatic N) is 4. The second-order valence-corrected chi connectivity index (χ2v) is 6.64. The molecule has 0 spiro atoms. The van der Waals surface area contributed by atoms with Gasteiger partial charge in [-0.1, -0.05) is 5.21 Å². The summed E-state index contributed by atoms with van der Waals surface area (Å²) in [6, 6.07) is 3.63.